The van der Waals surface area contributed by atoms with E-state index in [9.17, 15) is 5.11 Å². The van der Waals surface area contributed by atoms with E-state index in [1.54, 1.807) is 18.3 Å². The van der Waals surface area contributed by atoms with Crippen LogP contribution in [0.1, 0.15) is 11.1 Å². The summed E-state index contributed by atoms with van der Waals surface area (Å²) in [6, 6.07) is 43.7. The Balaban J connectivity index is 0.000000163. The standard InChI is InChI=1S/C19H14N2O.C14H14N2/c22-19-12-6-1-7-14(19)13-20-21-17-10-4-2-8-15(17)16-9-3-5-11-18(16)21;1-16(14-10-6-3-7-11-14)15-12-13-8-4-2-5-9-13/h1-13,22H;2-12H,1H3. The van der Waals surface area contributed by atoms with Crippen molar-refractivity contribution in [2.75, 3.05) is 12.1 Å². The Morgan fingerprint density at radius 1 is 0.605 bits per heavy atom. The average Bonchev–Trinajstić information content (AvgIpc) is 3.30. The van der Waals surface area contributed by atoms with Gasteiger partial charge in [-0.15, -0.1) is 0 Å². The van der Waals surface area contributed by atoms with Gasteiger partial charge in [0.1, 0.15) is 5.75 Å². The molecule has 38 heavy (non-hydrogen) atoms. The van der Waals surface area contributed by atoms with Crippen LogP contribution in [-0.4, -0.2) is 29.3 Å². The van der Waals surface area contributed by atoms with Crippen molar-refractivity contribution in [1.82, 2.24) is 4.68 Å². The molecular weight excluding hydrogens is 468 g/mol. The molecular formula is C33H28N4O. The summed E-state index contributed by atoms with van der Waals surface area (Å²) in [6.45, 7) is 0. The zero-order chi connectivity index (χ0) is 26.2. The van der Waals surface area contributed by atoms with Gasteiger partial charge in [-0.05, 0) is 42.0 Å². The van der Waals surface area contributed by atoms with Crippen molar-refractivity contribution in [2.24, 2.45) is 10.2 Å². The van der Waals surface area contributed by atoms with Gasteiger partial charge in [0.05, 0.1) is 29.1 Å². The van der Waals surface area contributed by atoms with E-state index in [0.29, 0.717) is 5.56 Å². The molecule has 1 heterocycles. The highest BCUT2D eigenvalue weighted by Gasteiger charge is 2.08. The number of aromatic nitrogens is 1. The summed E-state index contributed by atoms with van der Waals surface area (Å²) < 4.78 is 1.91. The zero-order valence-corrected chi connectivity index (χ0v) is 21.1. The van der Waals surface area contributed by atoms with Crippen molar-refractivity contribution >= 4 is 39.9 Å². The number of benzene rings is 5. The summed E-state index contributed by atoms with van der Waals surface area (Å²) in [6.07, 6.45) is 3.54. The van der Waals surface area contributed by atoms with Crippen LogP contribution in [0.5, 0.6) is 5.75 Å². The molecule has 0 radical (unpaired) electrons. The van der Waals surface area contributed by atoms with E-state index in [1.165, 1.54) is 10.8 Å². The molecule has 1 aromatic heterocycles. The number of nitrogens with zero attached hydrogens (tertiary/aromatic N) is 4. The van der Waals surface area contributed by atoms with Crippen LogP contribution in [0.15, 0.2) is 144 Å². The van der Waals surface area contributed by atoms with E-state index in [1.807, 2.05) is 120 Å². The number of fused-ring (bicyclic) bond motifs is 3. The summed E-state index contributed by atoms with van der Waals surface area (Å²) in [5.41, 5.74) is 4.98. The van der Waals surface area contributed by atoms with Gasteiger partial charge < -0.3 is 5.11 Å². The third kappa shape index (κ3) is 5.63. The number of hydrogen-bond acceptors (Lipinski definition) is 4. The lowest BCUT2D eigenvalue weighted by molar-refractivity contribution is 0.474. The van der Waals surface area contributed by atoms with E-state index in [2.05, 4.69) is 34.5 Å². The van der Waals surface area contributed by atoms with Gasteiger partial charge in [-0.2, -0.15) is 10.2 Å². The lowest BCUT2D eigenvalue weighted by Crippen LogP contribution is -2.08. The van der Waals surface area contributed by atoms with Crippen LogP contribution in [0, 0.1) is 0 Å². The SMILES string of the molecule is CN(N=Cc1ccccc1)c1ccccc1.Oc1ccccc1C=Nn1c2ccccc2c2ccccc21. The first-order valence-electron chi connectivity index (χ1n) is 12.4. The minimum Gasteiger partial charge on any atom is -0.507 e. The van der Waals surface area contributed by atoms with Gasteiger partial charge in [0, 0.05) is 23.4 Å². The van der Waals surface area contributed by atoms with Gasteiger partial charge in [-0.1, -0.05) is 97.1 Å². The van der Waals surface area contributed by atoms with Crippen LogP contribution in [0.2, 0.25) is 0 Å². The molecule has 5 nitrogen and oxygen atoms in total. The Labute approximate surface area is 222 Å². The van der Waals surface area contributed by atoms with Gasteiger partial charge in [0.2, 0.25) is 0 Å². The minimum atomic E-state index is 0.229. The van der Waals surface area contributed by atoms with Crippen molar-refractivity contribution in [3.63, 3.8) is 0 Å². The average molecular weight is 497 g/mol. The Morgan fingerprint density at radius 3 is 1.76 bits per heavy atom. The Bertz CT molecular complexity index is 1640. The zero-order valence-electron chi connectivity index (χ0n) is 21.1. The lowest BCUT2D eigenvalue weighted by atomic mass is 10.2. The normalized spacial score (nSPS) is 11.2. The third-order valence-corrected chi connectivity index (χ3v) is 6.11. The number of hydrazone groups is 1. The molecule has 0 aliphatic rings. The van der Waals surface area contributed by atoms with E-state index in [-0.39, 0.29) is 5.75 Å². The molecule has 186 valence electrons. The number of hydrogen-bond donors (Lipinski definition) is 1. The second-order valence-electron chi connectivity index (χ2n) is 8.66. The molecule has 5 heteroatoms. The van der Waals surface area contributed by atoms with Gasteiger partial charge in [-0.3, -0.25) is 5.01 Å². The molecule has 0 amide bonds. The van der Waals surface area contributed by atoms with Crippen molar-refractivity contribution in [3.05, 3.63) is 145 Å². The maximum Gasteiger partial charge on any atom is 0.124 e. The van der Waals surface area contributed by atoms with Gasteiger partial charge in [0.25, 0.3) is 0 Å². The van der Waals surface area contributed by atoms with Crippen LogP contribution >= 0.6 is 0 Å². The summed E-state index contributed by atoms with van der Waals surface area (Å²) in [7, 11) is 1.94. The Kier molecular flexibility index (Phi) is 7.56. The molecule has 5 aromatic carbocycles. The molecule has 0 atom stereocenters. The maximum absolute atomic E-state index is 9.87. The quantitative estimate of drug-likeness (QED) is 0.198. The fourth-order valence-electron chi connectivity index (χ4n) is 4.15. The van der Waals surface area contributed by atoms with E-state index in [0.717, 1.165) is 22.3 Å². The predicted octanol–water partition coefficient (Wildman–Crippen LogP) is 7.54. The molecule has 0 unspecified atom stereocenters. The fraction of sp³-hybridized carbons (Fsp3) is 0.0303. The van der Waals surface area contributed by atoms with Crippen molar-refractivity contribution in [3.8, 4) is 5.75 Å². The van der Waals surface area contributed by atoms with E-state index >= 15 is 0 Å². The number of aromatic hydroxyl groups is 1. The smallest absolute Gasteiger partial charge is 0.124 e. The second kappa shape index (κ2) is 11.7. The first kappa shape index (κ1) is 24.5. The fourth-order valence-corrected chi connectivity index (χ4v) is 4.15. The van der Waals surface area contributed by atoms with Crippen LogP contribution in [-0.2, 0) is 0 Å². The summed E-state index contributed by atoms with van der Waals surface area (Å²) in [4.78, 5) is 0. The van der Waals surface area contributed by atoms with Gasteiger partial charge in [0.15, 0.2) is 0 Å². The maximum atomic E-state index is 9.87. The second-order valence-corrected chi connectivity index (χ2v) is 8.66. The van der Waals surface area contributed by atoms with Gasteiger partial charge >= 0.3 is 0 Å². The van der Waals surface area contributed by atoms with Crippen LogP contribution < -0.4 is 5.01 Å². The van der Waals surface area contributed by atoms with Gasteiger partial charge in [-0.25, -0.2) is 4.68 Å². The third-order valence-electron chi connectivity index (χ3n) is 6.11. The van der Waals surface area contributed by atoms with Crippen LogP contribution in [0.4, 0.5) is 5.69 Å². The number of phenolic OH excluding ortho intramolecular Hbond substituents is 1. The van der Waals surface area contributed by atoms with Crippen LogP contribution in [0.25, 0.3) is 21.8 Å². The molecule has 0 fully saturated rings. The number of rotatable bonds is 5. The molecule has 6 aromatic rings. The number of phenols is 1. The predicted molar refractivity (Wildman–Crippen MR) is 159 cm³/mol. The molecule has 1 N–H and O–H groups in total. The van der Waals surface area contributed by atoms with E-state index < -0.39 is 0 Å². The van der Waals surface area contributed by atoms with Crippen LogP contribution in [0.3, 0.4) is 0 Å². The molecule has 0 saturated heterocycles. The molecule has 0 spiro atoms. The molecule has 6 rings (SSSR count). The Morgan fingerprint density at radius 2 is 1.13 bits per heavy atom. The number of anilines is 1. The van der Waals surface area contributed by atoms with E-state index in [4.69, 9.17) is 0 Å². The molecule has 0 aliphatic carbocycles. The highest BCUT2D eigenvalue weighted by molar-refractivity contribution is 6.08. The Hall–Kier alpha value is -5.16. The van der Waals surface area contributed by atoms with Crippen molar-refractivity contribution < 1.29 is 5.11 Å². The molecule has 0 aliphatic heterocycles. The first-order chi connectivity index (χ1) is 18.7. The molecule has 0 bridgehead atoms. The topological polar surface area (TPSA) is 53.1 Å². The highest BCUT2D eigenvalue weighted by Crippen LogP contribution is 2.28. The summed E-state index contributed by atoms with van der Waals surface area (Å²) in [5, 5.41) is 23.0. The highest BCUT2D eigenvalue weighted by atomic mass is 16.3. The lowest BCUT2D eigenvalue weighted by Gasteiger charge is -2.11. The van der Waals surface area contributed by atoms with Crippen molar-refractivity contribution in [1.29, 1.82) is 0 Å². The first-order valence-corrected chi connectivity index (χ1v) is 12.4. The van der Waals surface area contributed by atoms with Crippen molar-refractivity contribution in [2.45, 2.75) is 0 Å². The monoisotopic (exact) mass is 496 g/mol. The summed E-state index contributed by atoms with van der Waals surface area (Å²) >= 11 is 0. The summed E-state index contributed by atoms with van der Waals surface area (Å²) in [5.74, 6) is 0.229. The number of para-hydroxylation sites is 4. The minimum absolute atomic E-state index is 0.229. The largest absolute Gasteiger partial charge is 0.507 e. The molecule has 0 saturated carbocycles.